The maximum absolute atomic E-state index is 5.34. The lowest BCUT2D eigenvalue weighted by Gasteiger charge is -2.35. The van der Waals surface area contributed by atoms with Gasteiger partial charge >= 0.3 is 0 Å². The van der Waals surface area contributed by atoms with Crippen LogP contribution in [0, 0.1) is 5.92 Å². The summed E-state index contributed by atoms with van der Waals surface area (Å²) in [5.74, 6) is 0.672. The number of hydrogen-bond acceptors (Lipinski definition) is 3. The summed E-state index contributed by atoms with van der Waals surface area (Å²) in [5.41, 5.74) is 2.82. The van der Waals surface area contributed by atoms with Crippen LogP contribution < -0.4 is 10.2 Å². The van der Waals surface area contributed by atoms with Crippen molar-refractivity contribution in [3.63, 3.8) is 0 Å². The molecule has 20 heavy (non-hydrogen) atoms. The van der Waals surface area contributed by atoms with E-state index in [4.69, 9.17) is 4.74 Å². The van der Waals surface area contributed by atoms with E-state index in [2.05, 4.69) is 41.4 Å². The predicted molar refractivity (Wildman–Crippen MR) is 85.3 cm³/mol. The molecule has 1 aliphatic rings. The van der Waals surface area contributed by atoms with E-state index in [9.17, 15) is 0 Å². The van der Waals surface area contributed by atoms with E-state index in [1.165, 1.54) is 37.1 Å². The van der Waals surface area contributed by atoms with E-state index in [0.717, 1.165) is 26.2 Å². The minimum atomic E-state index is 0.672. The second kappa shape index (κ2) is 8.28. The molecule has 0 radical (unpaired) electrons. The summed E-state index contributed by atoms with van der Waals surface area (Å²) in [6.45, 7) is 7.44. The van der Waals surface area contributed by atoms with Crippen molar-refractivity contribution in [1.82, 2.24) is 5.32 Å². The number of anilines is 1. The molecular formula is C17H28N2O. The minimum absolute atomic E-state index is 0.672. The van der Waals surface area contributed by atoms with Crippen LogP contribution in [0.3, 0.4) is 0 Å². The molecule has 1 saturated heterocycles. The molecular weight excluding hydrogens is 248 g/mol. The second-order valence-electron chi connectivity index (χ2n) is 5.72. The maximum atomic E-state index is 5.34. The molecule has 1 aromatic carbocycles. The van der Waals surface area contributed by atoms with Crippen LogP contribution in [0.5, 0.6) is 0 Å². The summed E-state index contributed by atoms with van der Waals surface area (Å²) in [4.78, 5) is 2.54. The predicted octanol–water partition coefficient (Wildman–Crippen LogP) is 3.05. The third kappa shape index (κ3) is 4.22. The average Bonchev–Trinajstić information content (AvgIpc) is 2.49. The molecule has 0 amide bonds. The van der Waals surface area contributed by atoms with Crippen molar-refractivity contribution < 1.29 is 4.74 Å². The van der Waals surface area contributed by atoms with Gasteiger partial charge in [-0.15, -0.1) is 0 Å². The molecule has 0 saturated carbocycles. The van der Waals surface area contributed by atoms with Gasteiger partial charge in [0.2, 0.25) is 0 Å². The fourth-order valence-corrected chi connectivity index (χ4v) is 3.02. The van der Waals surface area contributed by atoms with E-state index >= 15 is 0 Å². The maximum Gasteiger partial charge on any atom is 0.0507 e. The van der Waals surface area contributed by atoms with Gasteiger partial charge in [0.15, 0.2) is 0 Å². The van der Waals surface area contributed by atoms with E-state index in [0.29, 0.717) is 5.92 Å². The van der Waals surface area contributed by atoms with Crippen LogP contribution in [0.2, 0.25) is 0 Å². The molecule has 2 rings (SSSR count). The van der Waals surface area contributed by atoms with E-state index in [1.807, 2.05) is 7.11 Å². The first-order valence-corrected chi connectivity index (χ1v) is 7.87. The van der Waals surface area contributed by atoms with Crippen molar-refractivity contribution in [2.75, 3.05) is 38.3 Å². The lowest BCUT2D eigenvalue weighted by molar-refractivity contribution is 0.143. The minimum Gasteiger partial charge on any atom is -0.384 e. The van der Waals surface area contributed by atoms with Crippen molar-refractivity contribution in [3.05, 3.63) is 29.8 Å². The molecule has 3 nitrogen and oxygen atoms in total. The van der Waals surface area contributed by atoms with Gasteiger partial charge in [-0.25, -0.2) is 0 Å². The zero-order chi connectivity index (χ0) is 14.2. The first kappa shape index (κ1) is 15.3. The molecule has 0 aromatic heterocycles. The molecule has 0 spiro atoms. The molecule has 1 fully saturated rings. The largest absolute Gasteiger partial charge is 0.384 e. The van der Waals surface area contributed by atoms with Crippen molar-refractivity contribution in [2.45, 2.75) is 32.7 Å². The van der Waals surface area contributed by atoms with Gasteiger partial charge in [0.25, 0.3) is 0 Å². The molecule has 0 bridgehead atoms. The summed E-state index contributed by atoms with van der Waals surface area (Å²) >= 11 is 0. The van der Waals surface area contributed by atoms with Gasteiger partial charge in [0.05, 0.1) is 6.61 Å². The van der Waals surface area contributed by atoms with Gasteiger partial charge in [-0.05, 0) is 43.4 Å². The Kier molecular flexibility index (Phi) is 6.34. The Morgan fingerprint density at radius 2 is 2.20 bits per heavy atom. The van der Waals surface area contributed by atoms with Gasteiger partial charge in [-0.3, -0.25) is 0 Å². The van der Waals surface area contributed by atoms with Gasteiger partial charge in [-0.1, -0.05) is 25.1 Å². The summed E-state index contributed by atoms with van der Waals surface area (Å²) in [5, 5.41) is 3.52. The standard InChI is InChI=1S/C17H28N2O/c1-3-10-18-12-16-8-4-5-9-17(16)19-11-6-7-15(13-19)14-20-2/h4-5,8-9,15,18H,3,6-7,10-14H2,1-2H3. The Morgan fingerprint density at radius 3 is 3.00 bits per heavy atom. The highest BCUT2D eigenvalue weighted by Gasteiger charge is 2.21. The molecule has 1 aromatic rings. The van der Waals surface area contributed by atoms with E-state index in [1.54, 1.807) is 0 Å². The van der Waals surface area contributed by atoms with Crippen LogP contribution in [0.1, 0.15) is 31.7 Å². The Labute approximate surface area is 123 Å². The number of benzene rings is 1. The molecule has 1 N–H and O–H groups in total. The lowest BCUT2D eigenvalue weighted by atomic mass is 9.97. The lowest BCUT2D eigenvalue weighted by Crippen LogP contribution is -2.37. The number of hydrogen-bond donors (Lipinski definition) is 1. The van der Waals surface area contributed by atoms with Crippen LogP contribution in [-0.4, -0.2) is 33.4 Å². The van der Waals surface area contributed by atoms with Crippen LogP contribution >= 0.6 is 0 Å². The topological polar surface area (TPSA) is 24.5 Å². The van der Waals surface area contributed by atoms with Crippen LogP contribution in [0.15, 0.2) is 24.3 Å². The first-order chi connectivity index (χ1) is 9.85. The van der Waals surface area contributed by atoms with Crippen LogP contribution in [0.4, 0.5) is 5.69 Å². The summed E-state index contributed by atoms with van der Waals surface area (Å²) < 4.78 is 5.34. The number of rotatable bonds is 7. The highest BCUT2D eigenvalue weighted by atomic mass is 16.5. The van der Waals surface area contributed by atoms with Crippen LogP contribution in [-0.2, 0) is 11.3 Å². The first-order valence-electron chi connectivity index (χ1n) is 7.87. The smallest absolute Gasteiger partial charge is 0.0507 e. The Bertz CT molecular complexity index is 392. The van der Waals surface area contributed by atoms with Crippen molar-refractivity contribution in [2.24, 2.45) is 5.92 Å². The molecule has 3 heteroatoms. The summed E-state index contributed by atoms with van der Waals surface area (Å²) in [6.07, 6.45) is 3.74. The number of nitrogens with zero attached hydrogens (tertiary/aromatic N) is 1. The Balaban J connectivity index is 2.03. The van der Waals surface area contributed by atoms with Gasteiger partial charge in [-0.2, -0.15) is 0 Å². The van der Waals surface area contributed by atoms with Crippen molar-refractivity contribution in [3.8, 4) is 0 Å². The van der Waals surface area contributed by atoms with Gasteiger partial charge < -0.3 is 15.0 Å². The fraction of sp³-hybridized carbons (Fsp3) is 0.647. The quantitative estimate of drug-likeness (QED) is 0.775. The SMILES string of the molecule is CCCNCc1ccccc1N1CCCC(COC)C1. The molecule has 1 unspecified atom stereocenters. The second-order valence-corrected chi connectivity index (χ2v) is 5.72. The Morgan fingerprint density at radius 1 is 1.35 bits per heavy atom. The number of piperidine rings is 1. The fourth-order valence-electron chi connectivity index (χ4n) is 3.02. The third-order valence-electron chi connectivity index (χ3n) is 4.00. The number of nitrogens with one attached hydrogen (secondary N) is 1. The highest BCUT2D eigenvalue weighted by Crippen LogP contribution is 2.26. The third-order valence-corrected chi connectivity index (χ3v) is 4.00. The van der Waals surface area contributed by atoms with E-state index in [-0.39, 0.29) is 0 Å². The number of methoxy groups -OCH3 is 1. The van der Waals surface area contributed by atoms with Crippen LogP contribution in [0.25, 0.3) is 0 Å². The van der Waals surface area contributed by atoms with Crippen molar-refractivity contribution >= 4 is 5.69 Å². The monoisotopic (exact) mass is 276 g/mol. The molecule has 1 aliphatic heterocycles. The highest BCUT2D eigenvalue weighted by molar-refractivity contribution is 5.54. The zero-order valence-corrected chi connectivity index (χ0v) is 12.9. The number of para-hydroxylation sites is 1. The van der Waals surface area contributed by atoms with Crippen molar-refractivity contribution in [1.29, 1.82) is 0 Å². The zero-order valence-electron chi connectivity index (χ0n) is 12.9. The molecule has 0 aliphatic carbocycles. The van der Waals surface area contributed by atoms with Gasteiger partial charge in [0.1, 0.15) is 0 Å². The summed E-state index contributed by atoms with van der Waals surface area (Å²) in [7, 11) is 1.81. The Hall–Kier alpha value is -1.06. The average molecular weight is 276 g/mol. The normalized spacial score (nSPS) is 19.3. The van der Waals surface area contributed by atoms with Gasteiger partial charge in [0, 0.05) is 32.4 Å². The van der Waals surface area contributed by atoms with E-state index < -0.39 is 0 Å². The molecule has 1 atom stereocenters. The molecule has 112 valence electrons. The molecule has 1 heterocycles. The number of ether oxygens (including phenoxy) is 1. The summed E-state index contributed by atoms with van der Waals surface area (Å²) in [6, 6.07) is 8.80.